The van der Waals surface area contributed by atoms with Crippen molar-refractivity contribution >= 4 is 64.1 Å². The molecule has 1 fully saturated rings. The molecule has 4 aromatic rings. The zero-order chi connectivity index (χ0) is 52.0. The Kier molecular flexibility index (Phi) is 21.5. The number of carbonyl (C=O) groups is 8. The number of guanidine groups is 1. The third-order valence-electron chi connectivity index (χ3n) is 12.0. The van der Waals surface area contributed by atoms with Crippen molar-refractivity contribution in [3.8, 4) is 0 Å². The van der Waals surface area contributed by atoms with E-state index in [1.807, 2.05) is 31.2 Å². The van der Waals surface area contributed by atoms with E-state index in [1.54, 1.807) is 6.20 Å². The lowest BCUT2D eigenvalue weighted by Gasteiger charge is -2.28. The Labute approximate surface area is 416 Å². The van der Waals surface area contributed by atoms with Crippen LogP contribution in [0.4, 0.5) is 4.39 Å². The van der Waals surface area contributed by atoms with Gasteiger partial charge in [-0.05, 0) is 67.9 Å². The molecule has 14 N–H and O–H groups in total. The summed E-state index contributed by atoms with van der Waals surface area (Å²) in [7, 11) is 0. The lowest BCUT2D eigenvalue weighted by Crippen LogP contribution is -2.60. The van der Waals surface area contributed by atoms with Crippen molar-refractivity contribution in [3.63, 3.8) is 0 Å². The molecular formula is C49H67FN14O8. The van der Waals surface area contributed by atoms with Crippen LogP contribution >= 0.6 is 0 Å². The van der Waals surface area contributed by atoms with Crippen LogP contribution in [0.25, 0.3) is 10.9 Å². The van der Waals surface area contributed by atoms with Crippen molar-refractivity contribution < 1.29 is 42.7 Å². The van der Waals surface area contributed by atoms with Crippen molar-refractivity contribution in [3.05, 3.63) is 89.9 Å². The average Bonchev–Trinajstić information content (AvgIpc) is 4.03. The first-order valence-electron chi connectivity index (χ1n) is 24.3. The maximum atomic E-state index is 14.6. The quantitative estimate of drug-likeness (QED) is 0.0404. The first-order chi connectivity index (χ1) is 34.6. The molecule has 0 bridgehead atoms. The van der Waals surface area contributed by atoms with Crippen LogP contribution in [-0.4, -0.2) is 124 Å². The number of nitrogens with zero attached hydrogens (tertiary/aromatic N) is 2. The van der Waals surface area contributed by atoms with Crippen LogP contribution in [0.15, 0.2) is 72.2 Å². The number of halogens is 1. The normalized spacial score (nSPS) is 20.6. The number of aromatic nitrogens is 3. The van der Waals surface area contributed by atoms with Gasteiger partial charge in [0.1, 0.15) is 42.1 Å². The maximum Gasteiger partial charge on any atom is 0.243 e. The van der Waals surface area contributed by atoms with Gasteiger partial charge in [-0.3, -0.25) is 43.3 Å². The molecule has 388 valence electrons. The van der Waals surface area contributed by atoms with Crippen LogP contribution in [0.5, 0.6) is 0 Å². The Balaban J connectivity index is 1.52. The van der Waals surface area contributed by atoms with Crippen molar-refractivity contribution in [2.45, 2.75) is 127 Å². The number of imidazole rings is 1. The Morgan fingerprint density at radius 1 is 0.792 bits per heavy atom. The first-order valence-corrected chi connectivity index (χ1v) is 24.3. The Morgan fingerprint density at radius 2 is 1.44 bits per heavy atom. The SMILES string of the molecule is CCCC[C@H](NC(C)=O)C(=O)NC1CCC(=O)NCCCCNC(=O)[C@H](Cc2c[nH]c3ccccc23)NC(=O)[C@H](CCCN=C(N)N)NC(=O)C(Cc2ccc(F)cc2)NC(=O)[C@H](Cc2cnc[nH]2)NC1=O. The van der Waals surface area contributed by atoms with Crippen molar-refractivity contribution in [1.29, 1.82) is 0 Å². The number of H-pyrrole nitrogens is 2. The van der Waals surface area contributed by atoms with E-state index in [0.717, 1.165) is 16.5 Å². The Bertz CT molecular complexity index is 2490. The van der Waals surface area contributed by atoms with Crippen LogP contribution in [-0.2, 0) is 57.6 Å². The highest BCUT2D eigenvalue weighted by Crippen LogP contribution is 2.20. The topological polar surface area (TPSA) is 342 Å². The second kappa shape index (κ2) is 28.1. The number of nitrogens with one attached hydrogen (secondary N) is 10. The highest BCUT2D eigenvalue weighted by Gasteiger charge is 2.34. The van der Waals surface area contributed by atoms with Gasteiger partial charge < -0.3 is 64.0 Å². The highest BCUT2D eigenvalue weighted by atomic mass is 19.1. The molecule has 72 heavy (non-hydrogen) atoms. The number of fused-ring (bicyclic) bond motifs is 1. The van der Waals surface area contributed by atoms with Gasteiger partial charge in [0, 0.05) is 81.2 Å². The summed E-state index contributed by atoms with van der Waals surface area (Å²) in [6.07, 6.45) is 6.37. The minimum absolute atomic E-state index is 0.0223. The number of aromatic amines is 2. The summed E-state index contributed by atoms with van der Waals surface area (Å²) >= 11 is 0. The van der Waals surface area contributed by atoms with Crippen molar-refractivity contribution in [1.82, 2.24) is 57.5 Å². The standard InChI is InChI=1S/C49H67FN14O8/c1-3-4-11-36(59-29(2)65)44(68)61-38-18-19-42(66)54-20-7-8-21-55-43(67)40(24-31-26-57-35-12-6-5-10-34(31)35)63-45(69)37(13-9-22-56-49(51)52)60-47(71)39(23-30-14-16-32(50)17-15-30)62-48(72)41(64-46(38)70)25-33-27-53-28-58-33/h5-6,10,12,14-17,26-28,36-41,57H,3-4,7-9,11,13,18-25H2,1-2H3,(H,53,58)(H,54,66)(H,55,67)(H,59,65)(H,60,71)(H,61,68)(H,62,72)(H,63,69)(H,64,70)(H4,51,52,56)/t36-,37-,38?,39?,40-,41-/m0/s1. The van der Waals surface area contributed by atoms with Gasteiger partial charge in [-0.25, -0.2) is 9.37 Å². The molecule has 2 aromatic heterocycles. The zero-order valence-electron chi connectivity index (χ0n) is 40.6. The molecule has 2 unspecified atom stereocenters. The molecule has 2 aromatic carbocycles. The molecular weight excluding hydrogens is 932 g/mol. The molecule has 3 heterocycles. The second-order valence-electron chi connectivity index (χ2n) is 17.7. The fourth-order valence-electron chi connectivity index (χ4n) is 8.12. The van der Waals surface area contributed by atoms with Crippen LogP contribution in [0.1, 0.15) is 88.5 Å². The molecule has 1 saturated heterocycles. The predicted molar refractivity (Wildman–Crippen MR) is 266 cm³/mol. The molecule has 1 aliphatic rings. The number of rotatable bonds is 16. The highest BCUT2D eigenvalue weighted by molar-refractivity contribution is 5.97. The number of hydrogen-bond donors (Lipinski definition) is 12. The van der Waals surface area contributed by atoms with Gasteiger partial charge in [-0.1, -0.05) is 50.1 Å². The van der Waals surface area contributed by atoms with Gasteiger partial charge in [0.2, 0.25) is 47.3 Å². The number of unbranched alkanes of at least 4 members (excludes halogenated alkanes) is 1. The molecule has 1 aliphatic heterocycles. The van der Waals surface area contributed by atoms with Crippen LogP contribution < -0.4 is 54.0 Å². The molecule has 0 radical (unpaired) electrons. The number of benzene rings is 2. The largest absolute Gasteiger partial charge is 0.370 e. The summed E-state index contributed by atoms with van der Waals surface area (Å²) in [5, 5.41) is 22.8. The minimum atomic E-state index is -1.46. The summed E-state index contributed by atoms with van der Waals surface area (Å²) < 4.78 is 14.1. The lowest BCUT2D eigenvalue weighted by molar-refractivity contribution is -0.135. The van der Waals surface area contributed by atoms with E-state index in [0.29, 0.717) is 36.9 Å². The molecule has 5 rings (SSSR count). The number of carbonyl (C=O) groups excluding carboxylic acids is 8. The van der Waals surface area contributed by atoms with E-state index in [9.17, 15) is 42.7 Å². The molecule has 23 heteroatoms. The monoisotopic (exact) mass is 999 g/mol. The minimum Gasteiger partial charge on any atom is -0.370 e. The fourth-order valence-corrected chi connectivity index (χ4v) is 8.12. The van der Waals surface area contributed by atoms with Crippen LogP contribution in [0.3, 0.4) is 0 Å². The van der Waals surface area contributed by atoms with Gasteiger partial charge in [0.25, 0.3) is 0 Å². The summed E-state index contributed by atoms with van der Waals surface area (Å²) in [5.74, 6) is -6.12. The van der Waals surface area contributed by atoms with Crippen LogP contribution in [0, 0.1) is 5.82 Å². The summed E-state index contributed by atoms with van der Waals surface area (Å²) in [4.78, 5) is 125. The predicted octanol–water partition coefficient (Wildman–Crippen LogP) is 0.0369. The lowest BCUT2D eigenvalue weighted by atomic mass is 10.0. The number of para-hydroxylation sites is 1. The van der Waals surface area contributed by atoms with Crippen molar-refractivity contribution in [2.75, 3.05) is 19.6 Å². The van der Waals surface area contributed by atoms with Crippen molar-refractivity contribution in [2.24, 2.45) is 16.5 Å². The Hall–Kier alpha value is -7.85. The van der Waals surface area contributed by atoms with Gasteiger partial charge in [-0.15, -0.1) is 0 Å². The number of nitrogens with two attached hydrogens (primary N) is 2. The zero-order valence-corrected chi connectivity index (χ0v) is 40.6. The van der Waals surface area contributed by atoms with E-state index in [2.05, 4.69) is 62.5 Å². The number of aliphatic imine (C=N–C) groups is 1. The van der Waals surface area contributed by atoms with Gasteiger partial charge in [0.05, 0.1) is 6.33 Å². The fraction of sp³-hybridized carbons (Fsp3) is 0.469. The molecule has 0 aliphatic carbocycles. The van der Waals surface area contributed by atoms with Gasteiger partial charge >= 0.3 is 0 Å². The molecule has 6 atom stereocenters. The average molecular weight is 999 g/mol. The van der Waals surface area contributed by atoms with E-state index in [-0.39, 0.29) is 77.0 Å². The molecule has 0 spiro atoms. The molecule has 22 nitrogen and oxygen atoms in total. The molecule has 0 saturated carbocycles. The van der Waals surface area contributed by atoms with Crippen LogP contribution in [0.2, 0.25) is 0 Å². The summed E-state index contributed by atoms with van der Waals surface area (Å²) in [5.41, 5.74) is 13.5. The van der Waals surface area contributed by atoms with E-state index in [1.165, 1.54) is 43.7 Å². The smallest absolute Gasteiger partial charge is 0.243 e. The Morgan fingerprint density at radius 3 is 2.12 bits per heavy atom. The summed E-state index contributed by atoms with van der Waals surface area (Å²) in [6, 6.07) is 4.95. The third-order valence-corrected chi connectivity index (χ3v) is 12.0. The second-order valence-corrected chi connectivity index (χ2v) is 17.7. The third kappa shape index (κ3) is 17.8. The number of amides is 8. The molecule has 8 amide bonds. The van der Waals surface area contributed by atoms with E-state index < -0.39 is 89.3 Å². The first kappa shape index (κ1) is 55.1. The van der Waals surface area contributed by atoms with Gasteiger partial charge in [0.15, 0.2) is 5.96 Å². The van der Waals surface area contributed by atoms with E-state index >= 15 is 0 Å². The summed E-state index contributed by atoms with van der Waals surface area (Å²) in [6.45, 7) is 3.65. The van der Waals surface area contributed by atoms with Gasteiger partial charge in [-0.2, -0.15) is 0 Å². The number of hydrogen-bond acceptors (Lipinski definition) is 10. The maximum absolute atomic E-state index is 14.6. The van der Waals surface area contributed by atoms with E-state index in [4.69, 9.17) is 11.5 Å².